The fraction of sp³-hybridized carbons (Fsp3) is 0.150. The Hall–Kier alpha value is -3.49. The Bertz CT molecular complexity index is 973. The lowest BCUT2D eigenvalue weighted by Crippen LogP contribution is -2.13. The number of hydrogen-bond acceptors (Lipinski definition) is 6. The molecule has 0 aromatic heterocycles. The second-order valence-electron chi connectivity index (χ2n) is 5.37. The molecule has 0 spiro atoms. The van der Waals surface area contributed by atoms with Gasteiger partial charge in [-0.05, 0) is 55.0 Å². The first-order valence-corrected chi connectivity index (χ1v) is 8.96. The Morgan fingerprint density at radius 3 is 2.50 bits per heavy atom. The maximum absolute atomic E-state index is 12.4. The van der Waals surface area contributed by atoms with E-state index in [1.165, 1.54) is 30.3 Å². The molecule has 0 bridgehead atoms. The highest BCUT2D eigenvalue weighted by molar-refractivity contribution is 9.10. The van der Waals surface area contributed by atoms with Gasteiger partial charge in [0.05, 0.1) is 6.61 Å². The molecule has 0 aliphatic carbocycles. The van der Waals surface area contributed by atoms with Crippen molar-refractivity contribution in [2.24, 2.45) is 0 Å². The molecule has 2 aromatic rings. The molecular formula is C20H16BrN3O4. The molecule has 0 saturated heterocycles. The van der Waals surface area contributed by atoms with Crippen LogP contribution in [-0.2, 0) is 4.79 Å². The quantitative estimate of drug-likeness (QED) is 0.381. The van der Waals surface area contributed by atoms with Gasteiger partial charge in [0.25, 0.3) is 5.91 Å². The van der Waals surface area contributed by atoms with E-state index in [1.807, 2.05) is 12.1 Å². The van der Waals surface area contributed by atoms with Gasteiger partial charge in [-0.25, -0.2) is 0 Å². The van der Waals surface area contributed by atoms with Crippen molar-refractivity contribution in [1.82, 2.24) is 0 Å². The summed E-state index contributed by atoms with van der Waals surface area (Å²) >= 11 is 3.37. The number of ether oxygens (including phenoxy) is 2. The molecule has 2 N–H and O–H groups in total. The number of hydrogen-bond donors (Lipinski definition) is 2. The van der Waals surface area contributed by atoms with Crippen molar-refractivity contribution >= 4 is 33.6 Å². The van der Waals surface area contributed by atoms with E-state index in [0.717, 1.165) is 0 Å². The third kappa shape index (κ3) is 5.50. The van der Waals surface area contributed by atoms with Gasteiger partial charge in [-0.15, -0.1) is 0 Å². The number of halogens is 1. The molecule has 28 heavy (non-hydrogen) atoms. The lowest BCUT2D eigenvalue weighted by atomic mass is 10.1. The molecule has 1 amide bonds. The van der Waals surface area contributed by atoms with Crippen LogP contribution in [0.5, 0.6) is 17.2 Å². The Morgan fingerprint density at radius 1 is 1.21 bits per heavy atom. The molecular weight excluding hydrogens is 426 g/mol. The van der Waals surface area contributed by atoms with E-state index < -0.39 is 5.91 Å². The van der Waals surface area contributed by atoms with E-state index >= 15 is 0 Å². The predicted octanol–water partition coefficient (Wildman–Crippen LogP) is 4.00. The molecule has 0 unspecified atom stereocenters. The number of aromatic hydroxyl groups is 1. The van der Waals surface area contributed by atoms with Crippen molar-refractivity contribution in [2.75, 3.05) is 18.5 Å². The zero-order valence-electron chi connectivity index (χ0n) is 14.9. The van der Waals surface area contributed by atoms with Gasteiger partial charge in [-0.2, -0.15) is 10.5 Å². The first-order valence-electron chi connectivity index (χ1n) is 8.16. The smallest absolute Gasteiger partial charge is 0.266 e. The lowest BCUT2D eigenvalue weighted by Gasteiger charge is -2.12. The molecule has 0 aliphatic rings. The van der Waals surface area contributed by atoms with Crippen molar-refractivity contribution in [1.29, 1.82) is 10.5 Å². The van der Waals surface area contributed by atoms with Gasteiger partial charge in [0.1, 0.15) is 23.5 Å². The number of carbonyl (C=O) groups is 1. The second kappa shape index (κ2) is 10.0. The van der Waals surface area contributed by atoms with Crippen molar-refractivity contribution in [2.45, 2.75) is 6.92 Å². The van der Waals surface area contributed by atoms with Crippen LogP contribution in [0.1, 0.15) is 12.5 Å². The second-order valence-corrected chi connectivity index (χ2v) is 6.23. The molecule has 7 nitrogen and oxygen atoms in total. The van der Waals surface area contributed by atoms with E-state index in [4.69, 9.17) is 14.7 Å². The molecule has 2 aromatic carbocycles. The van der Waals surface area contributed by atoms with Crippen LogP contribution in [0.2, 0.25) is 0 Å². The number of amides is 1. The number of rotatable bonds is 7. The summed E-state index contributed by atoms with van der Waals surface area (Å²) < 4.78 is 11.4. The Balaban J connectivity index is 2.32. The monoisotopic (exact) mass is 441 g/mol. The Morgan fingerprint density at radius 2 is 1.89 bits per heavy atom. The number of phenols is 1. The van der Waals surface area contributed by atoms with Crippen LogP contribution >= 0.6 is 15.9 Å². The minimum absolute atomic E-state index is 0.0696. The van der Waals surface area contributed by atoms with Crippen LogP contribution in [0.4, 0.5) is 5.69 Å². The average molecular weight is 442 g/mol. The van der Waals surface area contributed by atoms with E-state index in [0.29, 0.717) is 33.8 Å². The van der Waals surface area contributed by atoms with Crippen LogP contribution in [0.15, 0.2) is 46.4 Å². The third-order valence-electron chi connectivity index (χ3n) is 3.45. The summed E-state index contributed by atoms with van der Waals surface area (Å²) in [5, 5.41) is 30.0. The van der Waals surface area contributed by atoms with Gasteiger partial charge in [0, 0.05) is 10.2 Å². The summed E-state index contributed by atoms with van der Waals surface area (Å²) in [5.74, 6) is 0.242. The van der Waals surface area contributed by atoms with Crippen molar-refractivity contribution in [3.05, 3.63) is 52.0 Å². The van der Waals surface area contributed by atoms with Crippen molar-refractivity contribution in [3.63, 3.8) is 0 Å². The van der Waals surface area contributed by atoms with E-state index in [9.17, 15) is 15.2 Å². The van der Waals surface area contributed by atoms with Gasteiger partial charge in [0.2, 0.25) is 0 Å². The largest absolute Gasteiger partial charge is 0.508 e. The number of benzene rings is 2. The van der Waals surface area contributed by atoms with Gasteiger partial charge in [0.15, 0.2) is 18.1 Å². The van der Waals surface area contributed by atoms with Crippen LogP contribution < -0.4 is 14.8 Å². The van der Waals surface area contributed by atoms with E-state index in [-0.39, 0.29) is 17.9 Å². The molecule has 0 aliphatic heterocycles. The zero-order valence-corrected chi connectivity index (χ0v) is 16.5. The maximum atomic E-state index is 12.4. The first kappa shape index (κ1) is 20.8. The summed E-state index contributed by atoms with van der Waals surface area (Å²) in [6.45, 7) is 2.04. The molecule has 0 radical (unpaired) electrons. The summed E-state index contributed by atoms with van der Waals surface area (Å²) in [4.78, 5) is 12.4. The van der Waals surface area contributed by atoms with Gasteiger partial charge in [-0.3, -0.25) is 4.79 Å². The molecule has 2 rings (SSSR count). The minimum Gasteiger partial charge on any atom is -0.508 e. The zero-order chi connectivity index (χ0) is 20.5. The highest BCUT2D eigenvalue weighted by Crippen LogP contribution is 2.35. The molecule has 0 fully saturated rings. The van der Waals surface area contributed by atoms with Gasteiger partial charge < -0.3 is 19.9 Å². The van der Waals surface area contributed by atoms with Crippen molar-refractivity contribution < 1.29 is 19.4 Å². The molecule has 0 saturated carbocycles. The standard InChI is InChI=1S/C20H16BrN3O4/c1-2-27-18-10-13(17(21)11-19(18)28-8-7-22)9-14(12-23)20(26)24-15-3-5-16(25)6-4-15/h3-6,9-11,25H,2,8H2,1H3,(H,24,26)/b14-9+. The number of nitrogens with zero attached hydrogens (tertiary/aromatic N) is 2. The third-order valence-corrected chi connectivity index (χ3v) is 4.13. The Kier molecular flexibility index (Phi) is 7.44. The number of nitrogens with one attached hydrogen (secondary N) is 1. The SMILES string of the molecule is CCOc1cc(/C=C(\C#N)C(=O)Nc2ccc(O)cc2)c(Br)cc1OCC#N. The fourth-order valence-electron chi connectivity index (χ4n) is 2.20. The average Bonchev–Trinajstić information content (AvgIpc) is 2.68. The molecule has 0 atom stereocenters. The maximum Gasteiger partial charge on any atom is 0.266 e. The fourth-order valence-corrected chi connectivity index (χ4v) is 2.64. The van der Waals surface area contributed by atoms with Crippen LogP contribution in [0.3, 0.4) is 0 Å². The normalized spacial score (nSPS) is 10.5. The van der Waals surface area contributed by atoms with E-state index in [2.05, 4.69) is 21.2 Å². The summed E-state index contributed by atoms with van der Waals surface area (Å²) in [6.07, 6.45) is 1.41. The van der Waals surface area contributed by atoms with Crippen LogP contribution in [0, 0.1) is 22.7 Å². The predicted molar refractivity (Wildman–Crippen MR) is 107 cm³/mol. The summed E-state index contributed by atoms with van der Waals surface area (Å²) in [7, 11) is 0. The highest BCUT2D eigenvalue weighted by Gasteiger charge is 2.14. The van der Waals surface area contributed by atoms with Crippen molar-refractivity contribution in [3.8, 4) is 29.4 Å². The molecule has 0 heterocycles. The first-order chi connectivity index (χ1) is 13.5. The number of nitriles is 2. The van der Waals surface area contributed by atoms with Crippen LogP contribution in [-0.4, -0.2) is 24.2 Å². The highest BCUT2D eigenvalue weighted by atomic mass is 79.9. The minimum atomic E-state index is -0.595. The topological polar surface area (TPSA) is 115 Å². The van der Waals surface area contributed by atoms with Gasteiger partial charge in [-0.1, -0.05) is 15.9 Å². The molecule has 142 valence electrons. The number of carbonyl (C=O) groups excluding carboxylic acids is 1. The molecule has 8 heteroatoms. The lowest BCUT2D eigenvalue weighted by molar-refractivity contribution is -0.112. The number of phenolic OH excluding ortho intramolecular Hbond substituents is 1. The summed E-state index contributed by atoms with van der Waals surface area (Å²) in [6, 6.07) is 12.9. The summed E-state index contributed by atoms with van der Waals surface area (Å²) in [5.41, 5.74) is 0.852. The van der Waals surface area contributed by atoms with E-state index in [1.54, 1.807) is 19.1 Å². The number of anilines is 1. The Labute approximate surface area is 170 Å². The van der Waals surface area contributed by atoms with Gasteiger partial charge >= 0.3 is 0 Å². The van der Waals surface area contributed by atoms with Crippen LogP contribution in [0.25, 0.3) is 6.08 Å².